The second kappa shape index (κ2) is 9.31. The van der Waals surface area contributed by atoms with Gasteiger partial charge in [0.1, 0.15) is 5.56 Å². The number of nitrogens with zero attached hydrogens (tertiary/aromatic N) is 3. The fourth-order valence-electron chi connectivity index (χ4n) is 5.10. The van der Waals surface area contributed by atoms with E-state index in [1.165, 1.54) is 12.8 Å². The molecule has 0 saturated carbocycles. The molecule has 1 N–H and O–H groups in total. The monoisotopic (exact) mass is 416 g/mol. The number of pyridine rings is 1. The third-order valence-electron chi connectivity index (χ3n) is 6.63. The average molecular weight is 417 g/mol. The summed E-state index contributed by atoms with van der Waals surface area (Å²) in [4.78, 5) is 42.3. The van der Waals surface area contributed by atoms with Gasteiger partial charge in [0, 0.05) is 51.4 Å². The molecule has 2 fully saturated rings. The molecule has 0 spiro atoms. The van der Waals surface area contributed by atoms with Gasteiger partial charge in [-0.1, -0.05) is 0 Å². The SMILES string of the molecule is COCCC(=O)N1C[C@@H]2C[C@H](C1)c1ccc(C(=O)NCCN3CCCC3)c(=O)n1C2. The fourth-order valence-corrected chi connectivity index (χ4v) is 5.10. The van der Waals surface area contributed by atoms with E-state index in [1.807, 2.05) is 11.0 Å². The van der Waals surface area contributed by atoms with E-state index in [0.29, 0.717) is 39.2 Å². The van der Waals surface area contributed by atoms with Crippen molar-refractivity contribution in [1.82, 2.24) is 19.7 Å². The maximum absolute atomic E-state index is 13.1. The molecule has 4 heterocycles. The molecule has 2 atom stereocenters. The Kier molecular flexibility index (Phi) is 6.53. The van der Waals surface area contributed by atoms with Crippen LogP contribution in [0.15, 0.2) is 16.9 Å². The van der Waals surface area contributed by atoms with Crippen LogP contribution in [0, 0.1) is 5.92 Å². The predicted molar refractivity (Wildman–Crippen MR) is 113 cm³/mol. The molecule has 4 rings (SSSR count). The molecule has 0 unspecified atom stereocenters. The molecule has 2 amide bonds. The van der Waals surface area contributed by atoms with Gasteiger partial charge in [-0.2, -0.15) is 0 Å². The number of nitrogens with one attached hydrogen (secondary N) is 1. The van der Waals surface area contributed by atoms with E-state index in [4.69, 9.17) is 4.74 Å². The van der Waals surface area contributed by atoms with E-state index in [2.05, 4.69) is 10.2 Å². The first-order valence-corrected chi connectivity index (χ1v) is 11.1. The summed E-state index contributed by atoms with van der Waals surface area (Å²) in [6, 6.07) is 3.56. The summed E-state index contributed by atoms with van der Waals surface area (Å²) in [5, 5.41) is 2.91. The van der Waals surface area contributed by atoms with Gasteiger partial charge in [0.15, 0.2) is 0 Å². The second-order valence-electron chi connectivity index (χ2n) is 8.73. The molecule has 0 radical (unpaired) electrons. The number of hydrogen-bond acceptors (Lipinski definition) is 5. The third kappa shape index (κ3) is 4.44. The molecule has 1 aromatic heterocycles. The zero-order valence-corrected chi connectivity index (χ0v) is 17.8. The normalized spacial score (nSPS) is 23.3. The molecule has 2 bridgehead atoms. The molecule has 164 valence electrons. The zero-order chi connectivity index (χ0) is 21.1. The molecular formula is C22H32N4O4. The number of amides is 2. The number of hydrogen-bond donors (Lipinski definition) is 1. The third-order valence-corrected chi connectivity index (χ3v) is 6.63. The summed E-state index contributed by atoms with van der Waals surface area (Å²) in [6.45, 7) is 5.84. The van der Waals surface area contributed by atoms with Crippen LogP contribution < -0.4 is 10.9 Å². The van der Waals surface area contributed by atoms with Crippen molar-refractivity contribution in [1.29, 1.82) is 0 Å². The van der Waals surface area contributed by atoms with Gasteiger partial charge in [0.25, 0.3) is 11.5 Å². The smallest absolute Gasteiger partial charge is 0.263 e. The Balaban J connectivity index is 1.43. The van der Waals surface area contributed by atoms with Crippen molar-refractivity contribution in [3.63, 3.8) is 0 Å². The van der Waals surface area contributed by atoms with Crippen molar-refractivity contribution in [2.24, 2.45) is 5.92 Å². The van der Waals surface area contributed by atoms with Crippen LogP contribution in [0.3, 0.4) is 0 Å². The molecule has 1 aromatic rings. The molecule has 2 saturated heterocycles. The van der Waals surface area contributed by atoms with E-state index >= 15 is 0 Å². The maximum atomic E-state index is 13.1. The summed E-state index contributed by atoms with van der Waals surface area (Å²) in [5.41, 5.74) is 0.947. The van der Waals surface area contributed by atoms with Crippen molar-refractivity contribution in [2.45, 2.75) is 38.1 Å². The van der Waals surface area contributed by atoms with Crippen LogP contribution in [0.5, 0.6) is 0 Å². The molecule has 8 heteroatoms. The van der Waals surface area contributed by atoms with E-state index in [-0.39, 0.29) is 34.8 Å². The largest absolute Gasteiger partial charge is 0.384 e. The molecule has 0 aliphatic carbocycles. The quantitative estimate of drug-likeness (QED) is 0.706. The molecule has 3 aliphatic rings. The van der Waals surface area contributed by atoms with E-state index < -0.39 is 0 Å². The maximum Gasteiger partial charge on any atom is 0.263 e. The first-order valence-electron chi connectivity index (χ1n) is 11.1. The number of fused-ring (bicyclic) bond motifs is 4. The van der Waals surface area contributed by atoms with Crippen LogP contribution in [0.1, 0.15) is 47.7 Å². The Bertz CT molecular complexity index is 846. The summed E-state index contributed by atoms with van der Waals surface area (Å²) in [6.07, 6.45) is 3.81. The Labute approximate surface area is 177 Å². The second-order valence-corrected chi connectivity index (χ2v) is 8.73. The Morgan fingerprint density at radius 1 is 1.17 bits per heavy atom. The zero-order valence-electron chi connectivity index (χ0n) is 17.8. The highest BCUT2D eigenvalue weighted by atomic mass is 16.5. The summed E-state index contributed by atoms with van der Waals surface area (Å²) >= 11 is 0. The Hall–Kier alpha value is -2.19. The van der Waals surface area contributed by atoms with Crippen LogP contribution in [-0.2, 0) is 16.1 Å². The van der Waals surface area contributed by atoms with Crippen molar-refractivity contribution >= 4 is 11.8 Å². The number of piperidine rings is 1. The lowest BCUT2D eigenvalue weighted by Gasteiger charge is -2.43. The lowest BCUT2D eigenvalue weighted by molar-refractivity contribution is -0.134. The van der Waals surface area contributed by atoms with Gasteiger partial charge in [0.2, 0.25) is 5.91 Å². The molecule has 8 nitrogen and oxygen atoms in total. The van der Waals surface area contributed by atoms with Crippen molar-refractivity contribution in [3.8, 4) is 0 Å². The lowest BCUT2D eigenvalue weighted by Crippen LogP contribution is -2.50. The molecule has 0 aromatic carbocycles. The highest BCUT2D eigenvalue weighted by Crippen LogP contribution is 2.35. The van der Waals surface area contributed by atoms with Gasteiger partial charge < -0.3 is 24.4 Å². The minimum Gasteiger partial charge on any atom is -0.384 e. The van der Waals surface area contributed by atoms with E-state index in [0.717, 1.165) is 31.7 Å². The van der Waals surface area contributed by atoms with E-state index in [1.54, 1.807) is 17.7 Å². The standard InChI is InChI=1S/C22H32N4O4/c1-30-11-6-20(27)25-13-16-12-17(15-25)19-5-4-18(22(29)26(19)14-16)21(28)23-7-10-24-8-2-3-9-24/h4-5,16-17H,2-3,6-15H2,1H3,(H,23,28)/t16-,17+/m0/s1. The molecule has 30 heavy (non-hydrogen) atoms. The van der Waals surface area contributed by atoms with Crippen molar-refractivity contribution in [2.75, 3.05) is 53.0 Å². The number of aromatic nitrogens is 1. The van der Waals surface area contributed by atoms with Crippen LogP contribution >= 0.6 is 0 Å². The summed E-state index contributed by atoms with van der Waals surface area (Å²) in [7, 11) is 1.60. The van der Waals surface area contributed by atoms with Gasteiger partial charge >= 0.3 is 0 Å². The number of carbonyl (C=O) groups excluding carboxylic acids is 2. The van der Waals surface area contributed by atoms with Gasteiger partial charge in [-0.3, -0.25) is 14.4 Å². The number of likely N-dealkylation sites (tertiary alicyclic amines) is 2. The van der Waals surface area contributed by atoms with Crippen LogP contribution in [0.25, 0.3) is 0 Å². The highest BCUT2D eigenvalue weighted by Gasteiger charge is 2.36. The highest BCUT2D eigenvalue weighted by molar-refractivity contribution is 5.93. The number of rotatable bonds is 7. The Morgan fingerprint density at radius 3 is 2.73 bits per heavy atom. The number of ether oxygens (including phenoxy) is 1. The first kappa shape index (κ1) is 21.1. The van der Waals surface area contributed by atoms with Crippen molar-refractivity contribution in [3.05, 3.63) is 33.7 Å². The minimum atomic E-state index is -0.290. The number of carbonyl (C=O) groups is 2. The molecular weight excluding hydrogens is 384 g/mol. The average Bonchev–Trinajstić information content (AvgIpc) is 3.26. The van der Waals surface area contributed by atoms with Crippen LogP contribution in [0.4, 0.5) is 0 Å². The van der Waals surface area contributed by atoms with Gasteiger partial charge in [-0.25, -0.2) is 0 Å². The Morgan fingerprint density at radius 2 is 1.97 bits per heavy atom. The van der Waals surface area contributed by atoms with Crippen LogP contribution in [-0.4, -0.2) is 79.2 Å². The topological polar surface area (TPSA) is 83.9 Å². The predicted octanol–water partition coefficient (Wildman–Crippen LogP) is 0.656. The van der Waals surface area contributed by atoms with Gasteiger partial charge in [-0.15, -0.1) is 0 Å². The fraction of sp³-hybridized carbons (Fsp3) is 0.682. The van der Waals surface area contributed by atoms with Crippen LogP contribution in [0.2, 0.25) is 0 Å². The molecule has 3 aliphatic heterocycles. The lowest BCUT2D eigenvalue weighted by atomic mass is 9.83. The minimum absolute atomic E-state index is 0.108. The van der Waals surface area contributed by atoms with Gasteiger partial charge in [-0.05, 0) is 50.4 Å². The summed E-state index contributed by atoms with van der Waals surface area (Å²) in [5.74, 6) is 0.204. The van der Waals surface area contributed by atoms with Gasteiger partial charge in [0.05, 0.1) is 13.0 Å². The summed E-state index contributed by atoms with van der Waals surface area (Å²) < 4.78 is 6.80. The first-order chi connectivity index (χ1) is 14.6. The van der Waals surface area contributed by atoms with Crippen molar-refractivity contribution < 1.29 is 14.3 Å². The number of methoxy groups -OCH3 is 1. The van der Waals surface area contributed by atoms with E-state index in [9.17, 15) is 14.4 Å².